The van der Waals surface area contributed by atoms with E-state index in [1.165, 1.54) is 12.8 Å². The number of aliphatic hydroxyl groups excluding tert-OH is 1. The second kappa shape index (κ2) is 8.62. The number of allylic oxidation sites excluding steroid dienone is 1. The molecule has 3 N–H and O–H groups in total. The minimum atomic E-state index is -1.12. The third-order valence-electron chi connectivity index (χ3n) is 8.25. The van der Waals surface area contributed by atoms with Crippen molar-refractivity contribution in [1.29, 1.82) is 0 Å². The zero-order valence-electron chi connectivity index (χ0n) is 20.7. The van der Waals surface area contributed by atoms with Crippen LogP contribution in [-0.2, 0) is 18.4 Å². The maximum absolute atomic E-state index is 12.2. The van der Waals surface area contributed by atoms with Gasteiger partial charge in [0.15, 0.2) is 17.6 Å². The molecule has 1 fully saturated rings. The molecule has 34 heavy (non-hydrogen) atoms. The third kappa shape index (κ3) is 3.61. The number of hydrogen-bond acceptors (Lipinski definition) is 5. The second-order valence-corrected chi connectivity index (χ2v) is 10.7. The fourth-order valence-corrected chi connectivity index (χ4v) is 6.00. The van der Waals surface area contributed by atoms with Crippen molar-refractivity contribution in [2.45, 2.75) is 83.1 Å². The zero-order chi connectivity index (χ0) is 24.1. The summed E-state index contributed by atoms with van der Waals surface area (Å²) in [5.41, 5.74) is 2.11. The Morgan fingerprint density at radius 2 is 1.88 bits per heavy atom. The van der Waals surface area contributed by atoms with Gasteiger partial charge < -0.3 is 25.0 Å². The van der Waals surface area contributed by atoms with Crippen LogP contribution in [0, 0.1) is 5.92 Å². The molecule has 0 bridgehead atoms. The lowest BCUT2D eigenvalue weighted by Gasteiger charge is -2.53. The highest BCUT2D eigenvalue weighted by Gasteiger charge is 2.66. The van der Waals surface area contributed by atoms with E-state index in [9.17, 15) is 10.2 Å². The highest BCUT2D eigenvalue weighted by molar-refractivity contribution is 5.62. The molecular weight excluding hydrogens is 426 g/mol. The number of hydrogen-bond donors (Lipinski definition) is 3. The van der Waals surface area contributed by atoms with Crippen molar-refractivity contribution in [2.75, 3.05) is 6.54 Å². The topological polar surface area (TPSA) is 71.0 Å². The van der Waals surface area contributed by atoms with Crippen LogP contribution in [0.15, 0.2) is 53.8 Å². The van der Waals surface area contributed by atoms with E-state index in [4.69, 9.17) is 9.47 Å². The van der Waals surface area contributed by atoms with Gasteiger partial charge in [-0.15, -0.1) is 0 Å². The summed E-state index contributed by atoms with van der Waals surface area (Å²) in [4.78, 5) is 0. The molecular formula is C29H37NO4. The molecule has 3 aliphatic rings. The molecule has 5 nitrogen and oxygen atoms in total. The Hall–Kier alpha value is -2.50. The molecule has 1 saturated carbocycles. The van der Waals surface area contributed by atoms with Gasteiger partial charge in [-0.25, -0.2) is 0 Å². The van der Waals surface area contributed by atoms with E-state index in [0.717, 1.165) is 28.8 Å². The van der Waals surface area contributed by atoms with Crippen LogP contribution in [0.25, 0.3) is 0 Å². The molecule has 5 rings (SSSR count). The average Bonchev–Trinajstić information content (AvgIpc) is 3.58. The van der Waals surface area contributed by atoms with Gasteiger partial charge in [0, 0.05) is 11.6 Å². The monoisotopic (exact) mass is 463 g/mol. The van der Waals surface area contributed by atoms with E-state index in [1.54, 1.807) is 0 Å². The quantitative estimate of drug-likeness (QED) is 0.469. The first-order chi connectivity index (χ1) is 16.3. The van der Waals surface area contributed by atoms with E-state index in [-0.39, 0.29) is 11.8 Å². The fraction of sp³-hybridized carbons (Fsp3) is 0.517. The molecule has 1 heterocycles. The van der Waals surface area contributed by atoms with E-state index in [0.29, 0.717) is 36.9 Å². The summed E-state index contributed by atoms with van der Waals surface area (Å²) >= 11 is 0. The Labute approximate surface area is 202 Å². The van der Waals surface area contributed by atoms with Crippen LogP contribution >= 0.6 is 0 Å². The molecule has 0 spiro atoms. The molecule has 2 aromatic carbocycles. The molecule has 3 unspecified atom stereocenters. The highest BCUT2D eigenvalue weighted by Crippen LogP contribution is 2.60. The largest absolute Gasteiger partial charge is 0.508 e. The molecule has 0 aromatic heterocycles. The first-order valence-corrected chi connectivity index (χ1v) is 12.6. The molecule has 182 valence electrons. The minimum Gasteiger partial charge on any atom is -0.508 e. The SMILES string of the molecule is CCC12c3c(ccc(OCc4ccccc4)c3O[C@H]1C(O)=C(C)C)CC(NCC1CC1)C2(C)O. The highest BCUT2D eigenvalue weighted by atomic mass is 16.5. The third-order valence-corrected chi connectivity index (χ3v) is 8.25. The van der Waals surface area contributed by atoms with Gasteiger partial charge in [-0.2, -0.15) is 0 Å². The molecule has 1 aliphatic heterocycles. The summed E-state index contributed by atoms with van der Waals surface area (Å²) in [5.74, 6) is 2.22. The van der Waals surface area contributed by atoms with Crippen molar-refractivity contribution < 1.29 is 19.7 Å². The van der Waals surface area contributed by atoms with E-state index in [2.05, 4.69) is 18.3 Å². The molecule has 0 saturated heterocycles. The number of rotatable bonds is 8. The standard InChI is InChI=1S/C29H37NO4/c1-5-29-24-21(15-23(28(29,4)32)30-16-19-11-12-19)13-14-22(33-17-20-9-7-6-8-10-20)26(24)34-27(29)25(31)18(2)3/h6-10,13-14,19,23,27,30-32H,5,11-12,15-17H2,1-4H3/t23?,27-,28?,29?/m0/s1. The van der Waals surface area contributed by atoms with Crippen LogP contribution in [0.3, 0.4) is 0 Å². The molecule has 2 aliphatic carbocycles. The maximum Gasteiger partial charge on any atom is 0.168 e. The first-order valence-electron chi connectivity index (χ1n) is 12.6. The predicted molar refractivity (Wildman–Crippen MR) is 133 cm³/mol. The molecule has 0 amide bonds. The van der Waals surface area contributed by atoms with Crippen LogP contribution < -0.4 is 14.8 Å². The molecule has 4 atom stereocenters. The predicted octanol–water partition coefficient (Wildman–Crippen LogP) is 5.20. The van der Waals surface area contributed by atoms with Crippen molar-refractivity contribution in [1.82, 2.24) is 5.32 Å². The first kappa shape index (κ1) is 23.3. The van der Waals surface area contributed by atoms with Crippen LogP contribution in [0.1, 0.15) is 63.6 Å². The fourth-order valence-electron chi connectivity index (χ4n) is 6.00. The van der Waals surface area contributed by atoms with Crippen molar-refractivity contribution in [3.8, 4) is 11.5 Å². The number of nitrogens with one attached hydrogen (secondary N) is 1. The van der Waals surface area contributed by atoms with Gasteiger partial charge in [-0.1, -0.05) is 43.3 Å². The molecule has 0 radical (unpaired) electrons. The van der Waals surface area contributed by atoms with Gasteiger partial charge in [0.1, 0.15) is 12.4 Å². The van der Waals surface area contributed by atoms with Crippen molar-refractivity contribution >= 4 is 0 Å². The summed E-state index contributed by atoms with van der Waals surface area (Å²) in [5, 5.41) is 27.2. The van der Waals surface area contributed by atoms with Crippen LogP contribution in [0.2, 0.25) is 0 Å². The van der Waals surface area contributed by atoms with Gasteiger partial charge >= 0.3 is 0 Å². The number of aliphatic hydroxyl groups is 2. The van der Waals surface area contributed by atoms with Crippen LogP contribution in [0.4, 0.5) is 0 Å². The Morgan fingerprint density at radius 1 is 1.15 bits per heavy atom. The van der Waals surface area contributed by atoms with Gasteiger partial charge in [0.05, 0.1) is 11.0 Å². The Morgan fingerprint density at radius 3 is 2.53 bits per heavy atom. The van der Waals surface area contributed by atoms with Crippen LogP contribution in [0.5, 0.6) is 11.5 Å². The lowest BCUT2D eigenvalue weighted by Crippen LogP contribution is -2.68. The Balaban J connectivity index is 1.60. The Kier molecular flexibility index (Phi) is 5.89. The summed E-state index contributed by atoms with van der Waals surface area (Å²) in [7, 11) is 0. The van der Waals surface area contributed by atoms with E-state index in [1.807, 2.05) is 57.2 Å². The van der Waals surface area contributed by atoms with Gasteiger partial charge in [0.25, 0.3) is 0 Å². The zero-order valence-corrected chi connectivity index (χ0v) is 20.7. The average molecular weight is 464 g/mol. The molecule has 2 aromatic rings. The molecule has 5 heteroatoms. The minimum absolute atomic E-state index is 0.126. The van der Waals surface area contributed by atoms with E-state index < -0.39 is 17.1 Å². The number of benzene rings is 2. The van der Waals surface area contributed by atoms with Crippen molar-refractivity contribution in [2.24, 2.45) is 5.92 Å². The van der Waals surface area contributed by atoms with Gasteiger partial charge in [-0.05, 0) is 81.7 Å². The summed E-state index contributed by atoms with van der Waals surface area (Å²) < 4.78 is 12.8. The summed E-state index contributed by atoms with van der Waals surface area (Å²) in [6.45, 7) is 9.13. The van der Waals surface area contributed by atoms with E-state index >= 15 is 0 Å². The van der Waals surface area contributed by atoms with Crippen LogP contribution in [-0.4, -0.2) is 34.5 Å². The lowest BCUT2D eigenvalue weighted by atomic mass is 9.55. The van der Waals surface area contributed by atoms with Crippen molar-refractivity contribution in [3.05, 3.63) is 70.5 Å². The van der Waals surface area contributed by atoms with Gasteiger partial charge in [-0.3, -0.25) is 0 Å². The normalized spacial score (nSPS) is 29.3. The smallest absolute Gasteiger partial charge is 0.168 e. The summed E-state index contributed by atoms with van der Waals surface area (Å²) in [6.07, 6.45) is 3.19. The summed E-state index contributed by atoms with van der Waals surface area (Å²) in [6, 6.07) is 14.0. The number of ether oxygens (including phenoxy) is 2. The maximum atomic E-state index is 12.2. The van der Waals surface area contributed by atoms with Crippen molar-refractivity contribution in [3.63, 3.8) is 0 Å². The lowest BCUT2D eigenvalue weighted by molar-refractivity contribution is -0.0927. The Bertz CT molecular complexity index is 1080. The second-order valence-electron chi connectivity index (χ2n) is 10.7. The van der Waals surface area contributed by atoms with Gasteiger partial charge in [0.2, 0.25) is 0 Å².